The van der Waals surface area contributed by atoms with Gasteiger partial charge in [0.1, 0.15) is 16.3 Å². The summed E-state index contributed by atoms with van der Waals surface area (Å²) in [5.74, 6) is -1.06. The molecule has 1 amide bonds. The Hall–Kier alpha value is -2.70. The molecule has 0 saturated carbocycles. The Balaban J connectivity index is 0.00000441. The van der Waals surface area contributed by atoms with Crippen LogP contribution in [0.2, 0.25) is 10.0 Å². The fourth-order valence-electron chi connectivity index (χ4n) is 3.87. The molecule has 0 aliphatic heterocycles. The number of ether oxygens (including phenoxy) is 1. The molecular formula is C27H22Cl2N3NaO6S. The van der Waals surface area contributed by atoms with Crippen molar-refractivity contribution in [3.05, 3.63) is 81.8 Å². The molecule has 40 heavy (non-hydrogen) atoms. The van der Waals surface area contributed by atoms with E-state index in [0.717, 1.165) is 6.07 Å². The van der Waals surface area contributed by atoms with E-state index < -0.39 is 26.7 Å². The molecule has 202 valence electrons. The molecule has 0 saturated heterocycles. The second kappa shape index (κ2) is 13.3. The minimum absolute atomic E-state index is 0. The number of carbonyl (C=O) groups is 1. The Morgan fingerprint density at radius 2 is 1.75 bits per heavy atom. The van der Waals surface area contributed by atoms with Gasteiger partial charge in [-0.15, -0.1) is 5.11 Å². The van der Waals surface area contributed by atoms with Gasteiger partial charge in [0.05, 0.1) is 17.3 Å². The number of fused-ring (bicyclic) bond motifs is 1. The van der Waals surface area contributed by atoms with Gasteiger partial charge in [-0.2, -0.15) is 13.5 Å². The van der Waals surface area contributed by atoms with Crippen molar-refractivity contribution in [2.75, 3.05) is 11.9 Å². The molecule has 0 aromatic heterocycles. The number of hydrogen-bond donors (Lipinski definition) is 2. The van der Waals surface area contributed by atoms with E-state index in [4.69, 9.17) is 27.9 Å². The predicted molar refractivity (Wildman–Crippen MR) is 149 cm³/mol. The number of hydrogen-bond acceptors (Lipinski definition) is 7. The predicted octanol–water partition coefficient (Wildman–Crippen LogP) is 4.10. The first kappa shape index (κ1) is 31.8. The largest absolute Gasteiger partial charge is 1.00 e. The summed E-state index contributed by atoms with van der Waals surface area (Å²) in [5.41, 5.74) is 0.318. The van der Waals surface area contributed by atoms with Crippen LogP contribution in [0.3, 0.4) is 0 Å². The van der Waals surface area contributed by atoms with Crippen LogP contribution >= 0.6 is 23.2 Å². The van der Waals surface area contributed by atoms with Crippen molar-refractivity contribution in [2.24, 2.45) is 10.2 Å². The van der Waals surface area contributed by atoms with Gasteiger partial charge in [-0.3, -0.25) is 9.35 Å². The number of amides is 1. The van der Waals surface area contributed by atoms with Crippen LogP contribution in [0, 0.1) is 0 Å². The first-order valence-corrected chi connectivity index (χ1v) is 13.9. The van der Waals surface area contributed by atoms with Crippen LogP contribution in [0.1, 0.15) is 29.8 Å². The van der Waals surface area contributed by atoms with E-state index in [-0.39, 0.29) is 51.5 Å². The summed E-state index contributed by atoms with van der Waals surface area (Å²) in [6.07, 6.45) is 0.453. The standard InChI is InChI=1S/C27H23Cl2N3O6S.Na/c1-3-15-12-22(24(14-21(15)29)39(35,36)37)31-32-25-18-8-6-5-7-16(18)11-19(26(25)33)27(34)30-17-9-10-20(28)23(13-17)38-4-2;/h5-14,33H,3-4H2,1-2H3,(H,30,34)(H,35,36,37);/q;+1/p-1. The first-order valence-electron chi connectivity index (χ1n) is 11.7. The summed E-state index contributed by atoms with van der Waals surface area (Å²) < 4.78 is 39.1. The average Bonchev–Trinajstić information content (AvgIpc) is 2.89. The van der Waals surface area contributed by atoms with E-state index in [1.807, 2.05) is 0 Å². The van der Waals surface area contributed by atoms with Gasteiger partial charge in [-0.25, -0.2) is 0 Å². The van der Waals surface area contributed by atoms with Crippen molar-refractivity contribution in [3.8, 4) is 11.5 Å². The molecule has 0 radical (unpaired) electrons. The summed E-state index contributed by atoms with van der Waals surface area (Å²) in [6.45, 7) is 3.97. The maximum absolute atomic E-state index is 13.5. The fraction of sp³-hybridized carbons (Fsp3) is 0.148. The molecular weight excluding hydrogens is 588 g/mol. The first-order chi connectivity index (χ1) is 18.5. The summed E-state index contributed by atoms with van der Waals surface area (Å²) in [7, 11) is -4.71. The number of aryl methyl sites for hydroxylation is 1. The number of halogens is 2. The molecule has 0 aliphatic carbocycles. The molecule has 0 fully saturated rings. The van der Waals surface area contributed by atoms with Gasteiger partial charge in [0.15, 0.2) is 0 Å². The SMILES string of the molecule is CCOc1cc(NC(=O)c2cc3ccccc3c(N=Nc3cc(CC)c(Cl)cc3S(=O)(=O)O)c2[O-])ccc1Cl.[Na+]. The molecule has 0 atom stereocenters. The van der Waals surface area contributed by atoms with Gasteiger partial charge < -0.3 is 15.2 Å². The zero-order valence-corrected chi connectivity index (χ0v) is 26.1. The van der Waals surface area contributed by atoms with Crippen molar-refractivity contribution in [1.29, 1.82) is 0 Å². The number of anilines is 1. The van der Waals surface area contributed by atoms with Crippen molar-refractivity contribution >= 4 is 67.1 Å². The Labute approximate surface area is 263 Å². The third-order valence-corrected chi connectivity index (χ3v) is 7.30. The van der Waals surface area contributed by atoms with E-state index >= 15 is 0 Å². The molecule has 13 heteroatoms. The van der Waals surface area contributed by atoms with Crippen molar-refractivity contribution in [3.63, 3.8) is 0 Å². The zero-order valence-electron chi connectivity index (χ0n) is 21.7. The van der Waals surface area contributed by atoms with E-state index in [0.29, 0.717) is 45.8 Å². The number of benzene rings is 4. The smallest absolute Gasteiger partial charge is 0.870 e. The average molecular weight is 610 g/mol. The zero-order chi connectivity index (χ0) is 28.3. The van der Waals surface area contributed by atoms with Crippen LogP contribution < -0.4 is 44.7 Å². The Morgan fingerprint density at radius 3 is 2.42 bits per heavy atom. The van der Waals surface area contributed by atoms with Crippen LogP contribution in [-0.4, -0.2) is 25.5 Å². The third kappa shape index (κ3) is 6.95. The van der Waals surface area contributed by atoms with Crippen molar-refractivity contribution in [1.82, 2.24) is 0 Å². The molecule has 2 N–H and O–H groups in total. The van der Waals surface area contributed by atoms with Crippen molar-refractivity contribution in [2.45, 2.75) is 25.2 Å². The number of nitrogens with zero attached hydrogens (tertiary/aromatic N) is 2. The fourth-order valence-corrected chi connectivity index (χ4v) is 5.03. The van der Waals surface area contributed by atoms with Gasteiger partial charge in [-0.05, 0) is 54.6 Å². The second-order valence-electron chi connectivity index (χ2n) is 8.30. The Bertz CT molecular complexity index is 1730. The molecule has 0 aliphatic rings. The van der Waals surface area contributed by atoms with Crippen LogP contribution in [0.5, 0.6) is 11.5 Å². The number of nitrogens with one attached hydrogen (secondary N) is 1. The molecule has 0 heterocycles. The minimum Gasteiger partial charge on any atom is -0.870 e. The molecule has 4 rings (SSSR count). The van der Waals surface area contributed by atoms with Gasteiger partial charge in [0.2, 0.25) is 0 Å². The van der Waals surface area contributed by atoms with E-state index in [1.54, 1.807) is 56.3 Å². The van der Waals surface area contributed by atoms with Crippen LogP contribution in [0.15, 0.2) is 75.8 Å². The number of carbonyl (C=O) groups excluding carboxylic acids is 1. The van der Waals surface area contributed by atoms with E-state index in [2.05, 4.69) is 15.5 Å². The van der Waals surface area contributed by atoms with E-state index in [1.165, 1.54) is 12.1 Å². The number of azo groups is 1. The van der Waals surface area contributed by atoms with Crippen LogP contribution in [-0.2, 0) is 16.5 Å². The maximum atomic E-state index is 13.5. The molecule has 4 aromatic carbocycles. The Morgan fingerprint density at radius 1 is 1.02 bits per heavy atom. The second-order valence-corrected chi connectivity index (χ2v) is 10.5. The summed E-state index contributed by atoms with van der Waals surface area (Å²) in [5, 5.41) is 25.6. The maximum Gasteiger partial charge on any atom is 1.00 e. The molecule has 0 spiro atoms. The molecule has 0 bridgehead atoms. The van der Waals surface area contributed by atoms with Gasteiger partial charge in [0, 0.05) is 27.7 Å². The summed E-state index contributed by atoms with van der Waals surface area (Å²) in [4.78, 5) is 12.6. The minimum atomic E-state index is -4.71. The normalized spacial score (nSPS) is 11.4. The van der Waals surface area contributed by atoms with Crippen molar-refractivity contribution < 1.29 is 57.2 Å². The summed E-state index contributed by atoms with van der Waals surface area (Å²) in [6, 6.07) is 15.3. The van der Waals surface area contributed by atoms with Crippen LogP contribution in [0.4, 0.5) is 17.1 Å². The van der Waals surface area contributed by atoms with Gasteiger partial charge in [-0.1, -0.05) is 60.1 Å². The van der Waals surface area contributed by atoms with Gasteiger partial charge >= 0.3 is 29.6 Å². The Kier molecular flexibility index (Phi) is 10.6. The van der Waals surface area contributed by atoms with E-state index in [9.17, 15) is 22.9 Å². The number of rotatable bonds is 8. The van der Waals surface area contributed by atoms with Crippen LogP contribution in [0.25, 0.3) is 10.8 Å². The summed E-state index contributed by atoms with van der Waals surface area (Å²) >= 11 is 12.2. The van der Waals surface area contributed by atoms with Gasteiger partial charge in [0.25, 0.3) is 16.0 Å². The molecule has 4 aromatic rings. The third-order valence-electron chi connectivity index (χ3n) is 5.75. The quantitative estimate of drug-likeness (QED) is 0.175. The molecule has 0 unspecified atom stereocenters. The topological polar surface area (TPSA) is 140 Å². The molecule has 9 nitrogen and oxygen atoms in total. The monoisotopic (exact) mass is 609 g/mol.